The largest absolute Gasteiger partial charge is 0.471 e. The van der Waals surface area contributed by atoms with E-state index < -0.39 is 124 Å². The number of aromatic nitrogens is 3. The molecule has 0 spiro atoms. The summed E-state index contributed by atoms with van der Waals surface area (Å²) in [7, 11) is 0. The number of carbonyl (C=O) groups excluding carboxylic acids is 9. The summed E-state index contributed by atoms with van der Waals surface area (Å²) in [6, 6.07) is 13.0. The molecule has 3 aliphatic heterocycles. The van der Waals surface area contributed by atoms with Gasteiger partial charge in [0.15, 0.2) is 0 Å². The first-order valence-electron chi connectivity index (χ1n) is 26.7. The van der Waals surface area contributed by atoms with Crippen molar-refractivity contribution in [1.82, 2.24) is 15.0 Å². The summed E-state index contributed by atoms with van der Waals surface area (Å²) < 4.78 is 119. The van der Waals surface area contributed by atoms with Gasteiger partial charge in [-0.3, -0.25) is 58.1 Å². The van der Waals surface area contributed by atoms with Crippen LogP contribution in [-0.4, -0.2) is 86.6 Å². The third-order valence-electron chi connectivity index (χ3n) is 18.3. The minimum atomic E-state index is -5.26. The van der Waals surface area contributed by atoms with Gasteiger partial charge < -0.3 is 16.0 Å². The number of hydrogen-bond donors (Lipinski definition) is 3. The minimum absolute atomic E-state index is 0.0117. The van der Waals surface area contributed by atoms with Crippen molar-refractivity contribution < 1.29 is 82.7 Å². The van der Waals surface area contributed by atoms with Crippen LogP contribution in [0.15, 0.2) is 91.8 Å². The minimum Gasteiger partial charge on any atom is -0.317 e. The summed E-state index contributed by atoms with van der Waals surface area (Å²) >= 11 is 0. The molecule has 0 saturated heterocycles. The second kappa shape index (κ2) is 16.9. The van der Waals surface area contributed by atoms with Gasteiger partial charge >= 0.3 is 36.3 Å². The van der Waals surface area contributed by atoms with Crippen molar-refractivity contribution >= 4 is 87.3 Å². The second-order valence-corrected chi connectivity index (χ2v) is 22.6. The van der Waals surface area contributed by atoms with Gasteiger partial charge in [0.2, 0.25) is 0 Å². The van der Waals surface area contributed by atoms with Gasteiger partial charge in [-0.2, -0.15) is 39.5 Å². The van der Waals surface area contributed by atoms with E-state index in [0.29, 0.717) is 19.3 Å². The predicted octanol–water partition coefficient (Wildman–Crippen LogP) is 9.72. The molecule has 6 atom stereocenters. The number of nitrogens with one attached hydrogen (secondary N) is 3. The van der Waals surface area contributed by atoms with Gasteiger partial charge in [0.25, 0.3) is 35.4 Å². The van der Waals surface area contributed by atoms with Crippen molar-refractivity contribution in [1.29, 1.82) is 0 Å². The molecule has 7 aromatic rings. The van der Waals surface area contributed by atoms with Crippen LogP contribution in [0.1, 0.15) is 184 Å². The molecule has 3 N–H and O–H groups in total. The first-order valence-corrected chi connectivity index (χ1v) is 26.7. The summed E-state index contributed by atoms with van der Waals surface area (Å²) in [5.41, 5.74) is 8.27. The molecule has 6 heterocycles. The Bertz CT molecular complexity index is 3970. The molecule has 4 aromatic carbocycles. The van der Waals surface area contributed by atoms with E-state index in [-0.39, 0.29) is 50.4 Å². The average Bonchev–Trinajstić information content (AvgIpc) is 1.50. The van der Waals surface area contributed by atoms with Gasteiger partial charge in [-0.15, -0.1) is 0 Å². The van der Waals surface area contributed by atoms with Crippen LogP contribution in [0.25, 0.3) is 0 Å². The summed E-state index contributed by atoms with van der Waals surface area (Å²) in [6.07, 6.45) is -8.26. The third kappa shape index (κ3) is 7.00. The van der Waals surface area contributed by atoms with Crippen LogP contribution < -0.4 is 30.7 Å². The summed E-state index contributed by atoms with van der Waals surface area (Å²) in [6.45, 7) is 0. The first kappa shape index (κ1) is 52.1. The number of alkyl halides is 9. The Hall–Kier alpha value is -10.5. The van der Waals surface area contributed by atoms with Crippen molar-refractivity contribution in [2.45, 2.75) is 73.3 Å². The lowest BCUT2D eigenvalue weighted by molar-refractivity contribution is -0.167. The Morgan fingerprint density at radius 1 is 0.333 bits per heavy atom. The number of rotatable bonds is 6. The van der Waals surface area contributed by atoms with E-state index in [9.17, 15) is 82.7 Å². The fourth-order valence-electron chi connectivity index (χ4n) is 15.2. The van der Waals surface area contributed by atoms with Gasteiger partial charge in [0.05, 0.1) is 105 Å². The molecular formula is C60H30F9N9O9. The number of benzene rings is 4. The molecule has 16 rings (SSSR count). The molecule has 0 saturated carbocycles. The molecule has 87 heavy (non-hydrogen) atoms. The van der Waals surface area contributed by atoms with Crippen LogP contribution in [0.5, 0.6) is 0 Å². The highest BCUT2D eigenvalue weighted by molar-refractivity contribution is 6.36. The number of halogens is 9. The maximum absolute atomic E-state index is 14.4. The van der Waals surface area contributed by atoms with Crippen molar-refractivity contribution in [3.8, 4) is 0 Å². The number of nitrogens with zero attached hydrogens (tertiary/aromatic N) is 6. The van der Waals surface area contributed by atoms with Gasteiger partial charge in [-0.05, 0) is 141 Å². The lowest BCUT2D eigenvalue weighted by atomic mass is 9.68. The lowest BCUT2D eigenvalue weighted by Gasteiger charge is -2.35. The molecule has 6 unspecified atom stereocenters. The highest BCUT2D eigenvalue weighted by Gasteiger charge is 2.59. The first-order chi connectivity index (χ1) is 41.3. The lowest BCUT2D eigenvalue weighted by Crippen LogP contribution is -2.31. The van der Waals surface area contributed by atoms with Crippen LogP contribution in [-0.2, 0) is 14.4 Å². The van der Waals surface area contributed by atoms with Crippen LogP contribution in [0, 0.1) is 0 Å². The number of pyridine rings is 3. The Kier molecular flexibility index (Phi) is 10.1. The molecule has 9 amide bonds. The standard InChI is InChI=1S/C60H30F9N9O9/c61-58(62,63)55(85)73-19-1-22(16-70-13-19)76-49(79)37-4-25-26(5-38(37)50(76)80)32-10-31(25)43-44(32)46-34-12-36(30-9-42-40(7-28(30)34)52(82)78(54(42)84)24-3-21(15-72-18-24)75-57(87)60(67,68)69)48(46)47-35-11-33(45(43)47)27-6-39-41(8-29(27)35)53(83)77(51(39)81)23-2-20(14-71-17-23)74-56(86)59(64,65)66/h1-9,13-18,31-36H,10-12H2,(H,73,85)(H,74,86)(H,75,87). The normalized spacial score (nSPS) is 21.7. The maximum Gasteiger partial charge on any atom is 0.471 e. The molecule has 6 aliphatic carbocycles. The highest BCUT2D eigenvalue weighted by Crippen LogP contribution is 2.72. The van der Waals surface area contributed by atoms with Crippen molar-refractivity contribution in [2.24, 2.45) is 0 Å². The number of hydrogen-bond acceptors (Lipinski definition) is 12. The Morgan fingerprint density at radius 3 is 0.713 bits per heavy atom. The van der Waals surface area contributed by atoms with Crippen molar-refractivity contribution in [3.05, 3.63) is 192 Å². The zero-order valence-corrected chi connectivity index (χ0v) is 43.5. The predicted molar refractivity (Wildman–Crippen MR) is 281 cm³/mol. The molecule has 6 bridgehead atoms. The fraction of sp³-hybridized carbons (Fsp3) is 0.200. The smallest absolute Gasteiger partial charge is 0.317 e. The molecule has 3 aromatic heterocycles. The summed E-state index contributed by atoms with van der Waals surface area (Å²) in [4.78, 5) is 136. The molecule has 9 aliphatic rings. The van der Waals surface area contributed by atoms with Crippen molar-refractivity contribution in [2.75, 3.05) is 30.7 Å². The van der Waals surface area contributed by atoms with Crippen molar-refractivity contribution in [3.63, 3.8) is 0 Å². The van der Waals surface area contributed by atoms with Gasteiger partial charge in [0.1, 0.15) is 0 Å². The topological polar surface area (TPSA) is 238 Å². The van der Waals surface area contributed by atoms with Gasteiger partial charge in [-0.1, -0.05) is 0 Å². The van der Waals surface area contributed by atoms with E-state index in [1.165, 1.54) is 0 Å². The Morgan fingerprint density at radius 2 is 0.529 bits per heavy atom. The number of anilines is 6. The fourth-order valence-corrected chi connectivity index (χ4v) is 15.2. The Labute approximate surface area is 479 Å². The molecule has 0 fully saturated rings. The second-order valence-electron chi connectivity index (χ2n) is 22.6. The monoisotopic (exact) mass is 1190 g/mol. The van der Waals surface area contributed by atoms with Gasteiger partial charge in [0, 0.05) is 35.5 Å². The van der Waals surface area contributed by atoms with Crippen LogP contribution in [0.4, 0.5) is 73.6 Å². The molecule has 432 valence electrons. The number of amides is 9. The van der Waals surface area contributed by atoms with Gasteiger partial charge in [-0.25, -0.2) is 14.7 Å². The van der Waals surface area contributed by atoms with Crippen LogP contribution in [0.3, 0.4) is 0 Å². The average molecular weight is 1190 g/mol. The number of carbonyl (C=O) groups is 9. The maximum atomic E-state index is 14.4. The van der Waals surface area contributed by atoms with Crippen LogP contribution >= 0.6 is 0 Å². The molecule has 0 radical (unpaired) electrons. The van der Waals surface area contributed by atoms with Crippen LogP contribution in [0.2, 0.25) is 0 Å². The van der Waals surface area contributed by atoms with E-state index in [1.54, 1.807) is 52.3 Å². The molecule has 18 nitrogen and oxygen atoms in total. The molecule has 27 heteroatoms. The SMILES string of the molecule is O=C1c2cc3c(cc2C(=O)N1c1cncc(NC(=O)C(F)(F)F)c1)C1CC3c2c3c(c4c(c21)C1CC4c2cc4c(cc21)C(=O)N(c1cncc(NC(=O)C(F)(F)F)c1)C4=O)C1CC3c2cc3c(cc21)C(=O)N(c1cncc(NC(=O)C(F)(F)F)c1)C3=O. The number of imide groups is 3. The quantitative estimate of drug-likeness (QED) is 0.104. The summed E-state index contributed by atoms with van der Waals surface area (Å²) in [5.74, 6) is -14.1. The Balaban J connectivity index is 0.808. The molecular weight excluding hydrogens is 1160 g/mol. The van der Waals surface area contributed by atoms with E-state index in [0.717, 1.165) is 137 Å². The zero-order valence-electron chi connectivity index (χ0n) is 43.5. The zero-order chi connectivity index (χ0) is 60.7. The van der Waals surface area contributed by atoms with E-state index >= 15 is 0 Å². The summed E-state index contributed by atoms with van der Waals surface area (Å²) in [5, 5.41) is 5.05. The highest BCUT2D eigenvalue weighted by atomic mass is 19.4. The van der Waals surface area contributed by atoms with E-state index in [2.05, 4.69) is 15.0 Å². The van der Waals surface area contributed by atoms with E-state index in [1.807, 2.05) is 0 Å². The third-order valence-corrected chi connectivity index (χ3v) is 18.3. The number of fused-ring (bicyclic) bond motifs is 30. The van der Waals surface area contributed by atoms with E-state index in [4.69, 9.17) is 0 Å².